The molecule has 1 aromatic carbocycles. The summed E-state index contributed by atoms with van der Waals surface area (Å²) in [6.45, 7) is 0. The highest BCUT2D eigenvalue weighted by molar-refractivity contribution is 5.77. The molecule has 0 radical (unpaired) electrons. The molecule has 0 N–H and O–H groups in total. The zero-order valence-corrected chi connectivity index (χ0v) is 9.38. The molecule has 3 aromatic rings. The second-order valence-corrected chi connectivity index (χ2v) is 3.74. The largest absolute Gasteiger partial charge is 0.463 e. The molecule has 88 valence electrons. The summed E-state index contributed by atoms with van der Waals surface area (Å²) in [6, 6.07) is 10.1. The maximum absolute atomic E-state index is 13.8. The molecule has 0 saturated heterocycles. The Morgan fingerprint density at radius 2 is 1.89 bits per heavy atom. The van der Waals surface area contributed by atoms with Gasteiger partial charge in [0.2, 0.25) is 0 Å². The first kappa shape index (κ1) is 10.7. The average Bonchev–Trinajstić information content (AvgIpc) is 2.93. The van der Waals surface area contributed by atoms with Gasteiger partial charge in [-0.3, -0.25) is 0 Å². The molecule has 0 atom stereocenters. The van der Waals surface area contributed by atoms with Crippen molar-refractivity contribution in [1.29, 1.82) is 0 Å². The Morgan fingerprint density at radius 1 is 1.00 bits per heavy atom. The predicted molar refractivity (Wildman–Crippen MR) is 65.1 cm³/mol. The monoisotopic (exact) mass is 240 g/mol. The fourth-order valence-electron chi connectivity index (χ4n) is 1.82. The van der Waals surface area contributed by atoms with E-state index in [4.69, 9.17) is 4.42 Å². The third-order valence-electron chi connectivity index (χ3n) is 2.63. The molecule has 0 aliphatic rings. The zero-order valence-electron chi connectivity index (χ0n) is 9.38. The van der Waals surface area contributed by atoms with Gasteiger partial charge in [-0.25, -0.2) is 14.4 Å². The van der Waals surface area contributed by atoms with Gasteiger partial charge >= 0.3 is 0 Å². The number of nitrogens with zero attached hydrogens (tertiary/aromatic N) is 2. The summed E-state index contributed by atoms with van der Waals surface area (Å²) in [5, 5.41) is 0. The Balaban J connectivity index is 2.22. The highest BCUT2D eigenvalue weighted by atomic mass is 19.1. The highest BCUT2D eigenvalue weighted by Crippen LogP contribution is 2.30. The Bertz CT molecular complexity index is 665. The summed E-state index contributed by atoms with van der Waals surface area (Å²) < 4.78 is 19.1. The second-order valence-electron chi connectivity index (χ2n) is 3.74. The van der Waals surface area contributed by atoms with Crippen molar-refractivity contribution < 1.29 is 8.81 Å². The fraction of sp³-hybridized carbons (Fsp3) is 0. The Labute approximate surface area is 103 Å². The van der Waals surface area contributed by atoms with E-state index in [2.05, 4.69) is 9.97 Å². The number of benzene rings is 1. The van der Waals surface area contributed by atoms with Crippen LogP contribution in [0.2, 0.25) is 0 Å². The van der Waals surface area contributed by atoms with Gasteiger partial charge in [-0.05, 0) is 18.2 Å². The third kappa shape index (κ3) is 1.78. The first-order valence-electron chi connectivity index (χ1n) is 5.45. The van der Waals surface area contributed by atoms with E-state index >= 15 is 0 Å². The molecule has 4 heteroatoms. The summed E-state index contributed by atoms with van der Waals surface area (Å²) in [5.74, 6) is 0.288. The van der Waals surface area contributed by atoms with Crippen molar-refractivity contribution in [3.05, 3.63) is 61.0 Å². The molecule has 0 unspecified atom stereocenters. The van der Waals surface area contributed by atoms with Gasteiger partial charge in [-0.2, -0.15) is 0 Å². The van der Waals surface area contributed by atoms with Crippen LogP contribution in [0, 0.1) is 5.82 Å². The van der Waals surface area contributed by atoms with E-state index in [-0.39, 0.29) is 5.82 Å². The Morgan fingerprint density at radius 3 is 2.67 bits per heavy atom. The van der Waals surface area contributed by atoms with E-state index in [1.807, 2.05) is 0 Å². The van der Waals surface area contributed by atoms with Crippen LogP contribution in [-0.4, -0.2) is 9.97 Å². The van der Waals surface area contributed by atoms with Crippen LogP contribution in [0.15, 0.2) is 59.6 Å². The van der Waals surface area contributed by atoms with Crippen LogP contribution >= 0.6 is 0 Å². The number of rotatable bonds is 2. The molecular formula is C14H9FN2O. The van der Waals surface area contributed by atoms with Crippen molar-refractivity contribution in [3.8, 4) is 22.6 Å². The number of aromatic nitrogens is 2. The molecule has 0 aliphatic carbocycles. The molecule has 0 aliphatic heterocycles. The Kier molecular flexibility index (Phi) is 2.61. The van der Waals surface area contributed by atoms with E-state index in [0.29, 0.717) is 22.6 Å². The van der Waals surface area contributed by atoms with Crippen LogP contribution < -0.4 is 0 Å². The molecule has 0 bridgehead atoms. The highest BCUT2D eigenvalue weighted by Gasteiger charge is 2.13. The standard InChI is InChI=1S/C14H9FN2O/c15-12-5-2-1-4-10(12)11-8-16-9-17-14(11)13-6-3-7-18-13/h1-9H. The van der Waals surface area contributed by atoms with Gasteiger partial charge in [-0.1, -0.05) is 18.2 Å². The van der Waals surface area contributed by atoms with Crippen LogP contribution in [0.3, 0.4) is 0 Å². The molecule has 3 rings (SSSR count). The van der Waals surface area contributed by atoms with Gasteiger partial charge in [0, 0.05) is 17.3 Å². The summed E-state index contributed by atoms with van der Waals surface area (Å²) in [6.07, 6.45) is 4.56. The van der Waals surface area contributed by atoms with E-state index in [9.17, 15) is 4.39 Å². The van der Waals surface area contributed by atoms with Crippen molar-refractivity contribution in [3.63, 3.8) is 0 Å². The summed E-state index contributed by atoms with van der Waals surface area (Å²) >= 11 is 0. The Hall–Kier alpha value is -2.49. The minimum Gasteiger partial charge on any atom is -0.463 e. The number of hydrogen-bond donors (Lipinski definition) is 0. The van der Waals surface area contributed by atoms with Gasteiger partial charge in [0.15, 0.2) is 5.76 Å². The van der Waals surface area contributed by atoms with Crippen molar-refractivity contribution in [1.82, 2.24) is 9.97 Å². The van der Waals surface area contributed by atoms with Crippen LogP contribution in [0.25, 0.3) is 22.6 Å². The van der Waals surface area contributed by atoms with Crippen LogP contribution in [0.5, 0.6) is 0 Å². The van der Waals surface area contributed by atoms with Gasteiger partial charge in [0.25, 0.3) is 0 Å². The first-order valence-corrected chi connectivity index (χ1v) is 5.45. The van der Waals surface area contributed by atoms with E-state index in [1.165, 1.54) is 12.4 Å². The first-order chi connectivity index (χ1) is 8.86. The smallest absolute Gasteiger partial charge is 0.152 e. The van der Waals surface area contributed by atoms with Crippen molar-refractivity contribution in [2.45, 2.75) is 0 Å². The molecule has 0 fully saturated rings. The maximum atomic E-state index is 13.8. The molecular weight excluding hydrogens is 231 g/mol. The summed E-state index contributed by atoms with van der Waals surface area (Å²) in [7, 11) is 0. The average molecular weight is 240 g/mol. The molecule has 0 spiro atoms. The third-order valence-corrected chi connectivity index (χ3v) is 2.63. The molecule has 0 saturated carbocycles. The predicted octanol–water partition coefficient (Wildman–Crippen LogP) is 3.54. The molecule has 0 amide bonds. The number of furan rings is 1. The molecule has 2 heterocycles. The number of halogens is 1. The molecule has 3 nitrogen and oxygen atoms in total. The van der Waals surface area contributed by atoms with Gasteiger partial charge in [0.05, 0.1) is 6.26 Å². The summed E-state index contributed by atoms with van der Waals surface area (Å²) in [5.41, 5.74) is 1.66. The van der Waals surface area contributed by atoms with Crippen molar-refractivity contribution in [2.75, 3.05) is 0 Å². The van der Waals surface area contributed by atoms with E-state index in [1.54, 1.807) is 42.8 Å². The lowest BCUT2D eigenvalue weighted by molar-refractivity contribution is 0.580. The topological polar surface area (TPSA) is 38.9 Å². The fourth-order valence-corrected chi connectivity index (χ4v) is 1.82. The minimum atomic E-state index is -0.305. The van der Waals surface area contributed by atoms with Gasteiger partial charge < -0.3 is 4.42 Å². The van der Waals surface area contributed by atoms with Crippen LogP contribution in [0.4, 0.5) is 4.39 Å². The zero-order chi connectivity index (χ0) is 12.4. The normalized spacial score (nSPS) is 10.5. The SMILES string of the molecule is Fc1ccccc1-c1cncnc1-c1ccco1. The minimum absolute atomic E-state index is 0.305. The second kappa shape index (κ2) is 4.41. The quantitative estimate of drug-likeness (QED) is 0.687. The lowest BCUT2D eigenvalue weighted by Crippen LogP contribution is -1.91. The molecule has 18 heavy (non-hydrogen) atoms. The van der Waals surface area contributed by atoms with E-state index < -0.39 is 0 Å². The van der Waals surface area contributed by atoms with Crippen LogP contribution in [-0.2, 0) is 0 Å². The van der Waals surface area contributed by atoms with Gasteiger partial charge in [0.1, 0.15) is 17.8 Å². The van der Waals surface area contributed by atoms with Gasteiger partial charge in [-0.15, -0.1) is 0 Å². The molecule has 2 aromatic heterocycles. The van der Waals surface area contributed by atoms with Crippen molar-refractivity contribution >= 4 is 0 Å². The van der Waals surface area contributed by atoms with Crippen LogP contribution in [0.1, 0.15) is 0 Å². The maximum Gasteiger partial charge on any atom is 0.152 e. The number of hydrogen-bond acceptors (Lipinski definition) is 3. The van der Waals surface area contributed by atoms with Crippen molar-refractivity contribution in [2.24, 2.45) is 0 Å². The van der Waals surface area contributed by atoms with E-state index in [0.717, 1.165) is 0 Å². The lowest BCUT2D eigenvalue weighted by Gasteiger charge is -2.06. The summed E-state index contributed by atoms with van der Waals surface area (Å²) in [4.78, 5) is 8.12. The lowest BCUT2D eigenvalue weighted by atomic mass is 10.0.